The number of ether oxygens (including phenoxy) is 2. The summed E-state index contributed by atoms with van der Waals surface area (Å²) in [5.74, 6) is -0.441. The monoisotopic (exact) mass is 560 g/mol. The molecule has 218 valence electrons. The maximum Gasteiger partial charge on any atom is 0.408 e. The van der Waals surface area contributed by atoms with Crippen LogP contribution < -0.4 is 15.8 Å². The zero-order valence-electron chi connectivity index (χ0n) is 24.9. The molecule has 0 aliphatic carbocycles. The number of benzene rings is 2. The van der Waals surface area contributed by atoms with Gasteiger partial charge in [0.15, 0.2) is 0 Å². The number of carbonyl (C=O) groups excluding carboxylic acids is 3. The highest BCUT2D eigenvalue weighted by Crippen LogP contribution is 2.34. The number of aryl methyl sites for hydroxylation is 1. The number of amides is 3. The van der Waals surface area contributed by atoms with Crippen LogP contribution in [0.1, 0.15) is 53.5 Å². The van der Waals surface area contributed by atoms with Gasteiger partial charge in [0.1, 0.15) is 29.5 Å². The first kappa shape index (κ1) is 29.8. The molecule has 1 aliphatic rings. The first-order valence-electron chi connectivity index (χ1n) is 13.8. The first-order chi connectivity index (χ1) is 19.1. The number of likely N-dealkylation sites (tertiary alicyclic amines) is 1. The van der Waals surface area contributed by atoms with Gasteiger partial charge in [-0.2, -0.15) is 0 Å². The maximum atomic E-state index is 13.9. The zero-order chi connectivity index (χ0) is 30.1. The molecular formula is C32H40N4O5. The minimum Gasteiger partial charge on any atom is -0.488 e. The number of nitrogens with zero attached hydrogens (tertiary/aromatic N) is 2. The van der Waals surface area contributed by atoms with E-state index in [-0.39, 0.29) is 13.0 Å². The fourth-order valence-electron chi connectivity index (χ4n) is 4.98. The van der Waals surface area contributed by atoms with Crippen LogP contribution in [0.15, 0.2) is 54.6 Å². The second-order valence-electron chi connectivity index (χ2n) is 12.7. The van der Waals surface area contributed by atoms with Gasteiger partial charge in [0, 0.05) is 23.4 Å². The number of hydrogen-bond donors (Lipinski definition) is 2. The molecule has 2 aromatic carbocycles. The average molecular weight is 561 g/mol. The van der Waals surface area contributed by atoms with Crippen LogP contribution in [0, 0.1) is 12.3 Å². The van der Waals surface area contributed by atoms with Gasteiger partial charge in [-0.15, -0.1) is 0 Å². The SMILES string of the molecule is Cc1ccc2c(O[C@@H]3C[C@@H](C(N)=O)N(C(=O)[C@@H](NC(=O)OC(C)(C)C)C(C)(C)C)C3)cc(-c3ccccc3)nc2c1. The summed E-state index contributed by atoms with van der Waals surface area (Å²) in [6.07, 6.45) is -0.990. The topological polar surface area (TPSA) is 124 Å². The summed E-state index contributed by atoms with van der Waals surface area (Å²) in [6.45, 7) is 12.9. The van der Waals surface area contributed by atoms with E-state index in [1.165, 1.54) is 4.90 Å². The van der Waals surface area contributed by atoms with Gasteiger partial charge >= 0.3 is 6.09 Å². The molecule has 0 radical (unpaired) electrons. The Bertz CT molecular complexity index is 1440. The number of hydrogen-bond acceptors (Lipinski definition) is 6. The van der Waals surface area contributed by atoms with Crippen molar-refractivity contribution in [3.8, 4) is 17.0 Å². The Morgan fingerprint density at radius 2 is 1.71 bits per heavy atom. The molecule has 1 saturated heterocycles. The third-order valence-electron chi connectivity index (χ3n) is 6.94. The van der Waals surface area contributed by atoms with Gasteiger partial charge in [0.2, 0.25) is 11.8 Å². The van der Waals surface area contributed by atoms with Crippen molar-refractivity contribution in [2.75, 3.05) is 6.54 Å². The second kappa shape index (κ2) is 11.4. The molecule has 1 aliphatic heterocycles. The van der Waals surface area contributed by atoms with E-state index in [0.717, 1.165) is 27.7 Å². The van der Waals surface area contributed by atoms with Gasteiger partial charge in [0.05, 0.1) is 17.8 Å². The zero-order valence-corrected chi connectivity index (χ0v) is 24.9. The van der Waals surface area contributed by atoms with Crippen molar-refractivity contribution >= 4 is 28.8 Å². The lowest BCUT2D eigenvalue weighted by Crippen LogP contribution is -2.58. The molecule has 0 saturated carbocycles. The molecule has 0 unspecified atom stereocenters. The van der Waals surface area contributed by atoms with Crippen molar-refractivity contribution in [3.63, 3.8) is 0 Å². The highest BCUT2D eigenvalue weighted by molar-refractivity contribution is 5.92. The van der Waals surface area contributed by atoms with Crippen molar-refractivity contribution in [3.05, 3.63) is 60.2 Å². The number of fused-ring (bicyclic) bond motifs is 1. The summed E-state index contributed by atoms with van der Waals surface area (Å²) in [5, 5.41) is 3.54. The van der Waals surface area contributed by atoms with Crippen molar-refractivity contribution in [1.82, 2.24) is 15.2 Å². The summed E-state index contributed by atoms with van der Waals surface area (Å²) < 4.78 is 11.9. The molecule has 3 N–H and O–H groups in total. The van der Waals surface area contributed by atoms with Gasteiger partial charge < -0.3 is 25.4 Å². The summed E-state index contributed by atoms with van der Waals surface area (Å²) in [5.41, 5.74) is 7.92. The Morgan fingerprint density at radius 1 is 1.02 bits per heavy atom. The van der Waals surface area contributed by atoms with Crippen LogP contribution in [0.25, 0.3) is 22.2 Å². The molecule has 3 amide bonds. The Labute approximate surface area is 241 Å². The first-order valence-corrected chi connectivity index (χ1v) is 13.8. The van der Waals surface area contributed by atoms with Gasteiger partial charge in [-0.25, -0.2) is 9.78 Å². The molecule has 3 aromatic rings. The van der Waals surface area contributed by atoms with Crippen LogP contribution in [0.2, 0.25) is 0 Å². The Balaban J connectivity index is 1.64. The van der Waals surface area contributed by atoms with E-state index in [1.807, 2.05) is 82.3 Å². The molecule has 1 aromatic heterocycles. The molecule has 2 heterocycles. The number of primary amides is 1. The average Bonchev–Trinajstić information content (AvgIpc) is 3.29. The van der Waals surface area contributed by atoms with Gasteiger partial charge in [0.25, 0.3) is 0 Å². The van der Waals surface area contributed by atoms with E-state index in [4.69, 9.17) is 20.2 Å². The largest absolute Gasteiger partial charge is 0.488 e. The third kappa shape index (κ3) is 7.14. The van der Waals surface area contributed by atoms with Crippen LogP contribution >= 0.6 is 0 Å². The summed E-state index contributed by atoms with van der Waals surface area (Å²) >= 11 is 0. The number of rotatable bonds is 6. The van der Waals surface area contributed by atoms with E-state index in [9.17, 15) is 14.4 Å². The fraction of sp³-hybridized carbons (Fsp3) is 0.438. The molecule has 9 nitrogen and oxygen atoms in total. The predicted octanol–water partition coefficient (Wildman–Crippen LogP) is 4.98. The van der Waals surface area contributed by atoms with Crippen LogP contribution in [0.3, 0.4) is 0 Å². The molecule has 0 spiro atoms. The van der Waals surface area contributed by atoms with E-state index in [0.29, 0.717) is 5.75 Å². The molecular weight excluding hydrogens is 520 g/mol. The smallest absolute Gasteiger partial charge is 0.408 e. The molecule has 0 bridgehead atoms. The van der Waals surface area contributed by atoms with E-state index in [2.05, 4.69) is 5.32 Å². The van der Waals surface area contributed by atoms with Crippen LogP contribution in [0.4, 0.5) is 4.79 Å². The van der Waals surface area contributed by atoms with Gasteiger partial charge in [-0.3, -0.25) is 9.59 Å². The minimum atomic E-state index is -0.952. The minimum absolute atomic E-state index is 0.130. The number of aromatic nitrogens is 1. The second-order valence-corrected chi connectivity index (χ2v) is 12.7. The van der Waals surface area contributed by atoms with E-state index >= 15 is 0 Å². The van der Waals surface area contributed by atoms with Gasteiger partial charge in [-0.05, 0) is 50.8 Å². The normalized spacial score (nSPS) is 18.2. The molecule has 3 atom stereocenters. The van der Waals surface area contributed by atoms with Crippen LogP contribution in [-0.2, 0) is 14.3 Å². The highest BCUT2D eigenvalue weighted by Gasteiger charge is 2.45. The Morgan fingerprint density at radius 3 is 2.32 bits per heavy atom. The number of nitrogens with one attached hydrogen (secondary N) is 1. The number of nitrogens with two attached hydrogens (primary N) is 1. The summed E-state index contributed by atoms with van der Waals surface area (Å²) in [7, 11) is 0. The fourth-order valence-corrected chi connectivity index (χ4v) is 4.98. The van der Waals surface area contributed by atoms with Crippen LogP contribution in [0.5, 0.6) is 5.75 Å². The molecule has 1 fully saturated rings. The number of alkyl carbamates (subject to hydrolysis) is 1. The Hall–Kier alpha value is -4.14. The van der Waals surface area contributed by atoms with Crippen molar-refractivity contribution in [2.45, 2.75) is 78.7 Å². The Kier molecular flexibility index (Phi) is 8.29. The number of carbonyl (C=O) groups is 3. The van der Waals surface area contributed by atoms with Crippen molar-refractivity contribution < 1.29 is 23.9 Å². The number of pyridine rings is 1. The predicted molar refractivity (Wildman–Crippen MR) is 158 cm³/mol. The molecule has 4 rings (SSSR count). The van der Waals surface area contributed by atoms with Crippen LogP contribution in [-0.4, -0.2) is 58.1 Å². The van der Waals surface area contributed by atoms with Crippen molar-refractivity contribution in [2.24, 2.45) is 11.1 Å². The van der Waals surface area contributed by atoms with E-state index in [1.54, 1.807) is 20.8 Å². The quantitative estimate of drug-likeness (QED) is 0.438. The van der Waals surface area contributed by atoms with Crippen molar-refractivity contribution in [1.29, 1.82) is 0 Å². The lowest BCUT2D eigenvalue weighted by molar-refractivity contribution is -0.141. The lowest BCUT2D eigenvalue weighted by atomic mass is 9.85. The summed E-state index contributed by atoms with van der Waals surface area (Å²) in [4.78, 5) is 45.3. The summed E-state index contributed by atoms with van der Waals surface area (Å²) in [6, 6.07) is 15.8. The third-order valence-corrected chi connectivity index (χ3v) is 6.94. The maximum absolute atomic E-state index is 13.9. The van der Waals surface area contributed by atoms with Gasteiger partial charge in [-0.1, -0.05) is 57.2 Å². The standard InChI is InChI=1S/C32H40N4O5/c1-19-13-14-22-24(15-19)34-23(20-11-9-8-10-12-20)17-26(22)40-21-16-25(28(33)37)36(18-21)29(38)27(31(2,3)4)35-30(39)41-32(5,6)7/h8-15,17,21,25,27H,16,18H2,1-7H3,(H2,33,37)(H,35,39)/t21-,25+,27-/m1/s1. The van der Waals surface area contributed by atoms with E-state index < -0.39 is 47.1 Å². The highest BCUT2D eigenvalue weighted by atomic mass is 16.6. The molecule has 9 heteroatoms. The molecule has 41 heavy (non-hydrogen) atoms. The lowest BCUT2D eigenvalue weighted by Gasteiger charge is -2.35.